The quantitative estimate of drug-likeness (QED) is 0.0681. The van der Waals surface area contributed by atoms with E-state index < -0.39 is 77.7 Å². The van der Waals surface area contributed by atoms with Crippen molar-refractivity contribution in [2.45, 2.75) is 137 Å². The van der Waals surface area contributed by atoms with Gasteiger partial charge >= 0.3 is 5.97 Å². The van der Waals surface area contributed by atoms with Crippen LogP contribution in [0.2, 0.25) is 0 Å². The van der Waals surface area contributed by atoms with Crippen LogP contribution in [-0.2, 0) is 40.0 Å². The number of hydrogen-bond acceptors (Lipinski definition) is 9. The standard InChI is InChI=1S/C38H63N7O9/c1-21(2)17-29(41-25(8)46)35(50)40-24(7)33(48)43-30(18-22(3)4)36(51)42-28(11-9-10-16-39)34(49)44-31(20-26-12-14-27(47)15-13-26)37(52)45-32(38(53)54)19-23(5)6/h12-15,21-24,28-32,47H,9-11,16-20,39H2,1-8H3,(H,40,50)(H,41,46)(H,42,51)(H,43,48)(H,44,49)(H,45,52)(H,53,54)/t24-,28-,29-,30-,31-,32-/m0/s1. The number of phenolic OH excluding ortho intramolecular Hbond substituents is 1. The summed E-state index contributed by atoms with van der Waals surface area (Å²) in [6, 6.07) is -0.687. The second kappa shape index (κ2) is 23.8. The third-order valence-corrected chi connectivity index (χ3v) is 8.40. The number of rotatable bonds is 24. The minimum Gasteiger partial charge on any atom is -0.508 e. The van der Waals surface area contributed by atoms with Gasteiger partial charge in [0.15, 0.2) is 0 Å². The van der Waals surface area contributed by atoms with Gasteiger partial charge in [0, 0.05) is 13.3 Å². The molecule has 0 bridgehead atoms. The number of benzene rings is 1. The summed E-state index contributed by atoms with van der Waals surface area (Å²) in [5, 5.41) is 35.3. The number of carbonyl (C=O) groups excluding carboxylic acids is 6. The maximum Gasteiger partial charge on any atom is 0.326 e. The summed E-state index contributed by atoms with van der Waals surface area (Å²) in [7, 11) is 0. The largest absolute Gasteiger partial charge is 0.508 e. The molecule has 6 atom stereocenters. The fourth-order valence-electron chi connectivity index (χ4n) is 5.68. The fourth-order valence-corrected chi connectivity index (χ4v) is 5.68. The highest BCUT2D eigenvalue weighted by Crippen LogP contribution is 2.14. The van der Waals surface area contributed by atoms with E-state index in [4.69, 9.17) is 5.73 Å². The van der Waals surface area contributed by atoms with Gasteiger partial charge in [-0.25, -0.2) is 4.79 Å². The molecule has 0 saturated carbocycles. The monoisotopic (exact) mass is 761 g/mol. The molecule has 1 aromatic rings. The van der Waals surface area contributed by atoms with Gasteiger partial charge < -0.3 is 47.8 Å². The molecule has 0 radical (unpaired) electrons. The van der Waals surface area contributed by atoms with Crippen molar-refractivity contribution in [3.05, 3.63) is 29.8 Å². The normalized spacial score (nSPS) is 14.6. The Kier molecular flexibility index (Phi) is 20.9. The molecule has 0 aromatic heterocycles. The van der Waals surface area contributed by atoms with Crippen molar-refractivity contribution in [1.29, 1.82) is 0 Å². The fraction of sp³-hybridized carbons (Fsp3) is 0.658. The third kappa shape index (κ3) is 18.3. The minimum atomic E-state index is -1.25. The van der Waals surface area contributed by atoms with Gasteiger partial charge in [-0.1, -0.05) is 53.7 Å². The summed E-state index contributed by atoms with van der Waals surface area (Å²) < 4.78 is 0. The first kappa shape index (κ1) is 47.3. The molecule has 1 aromatic carbocycles. The lowest BCUT2D eigenvalue weighted by molar-refractivity contribution is -0.142. The summed E-state index contributed by atoms with van der Waals surface area (Å²) in [6.45, 7) is 14.2. The molecular formula is C38H63N7O9. The minimum absolute atomic E-state index is 0.00512. The van der Waals surface area contributed by atoms with Gasteiger partial charge in [0.25, 0.3) is 0 Å². The van der Waals surface area contributed by atoms with E-state index in [9.17, 15) is 43.8 Å². The number of unbranched alkanes of at least 4 members (excludes halogenated alkanes) is 1. The zero-order valence-electron chi connectivity index (χ0n) is 33.0. The maximum atomic E-state index is 13.9. The lowest BCUT2D eigenvalue weighted by Crippen LogP contribution is -2.59. The van der Waals surface area contributed by atoms with Crippen molar-refractivity contribution < 1.29 is 43.8 Å². The molecule has 0 aliphatic heterocycles. The van der Waals surface area contributed by atoms with Crippen molar-refractivity contribution in [2.75, 3.05) is 6.54 Å². The number of aliphatic carboxylic acids is 1. The molecule has 6 amide bonds. The summed E-state index contributed by atoms with van der Waals surface area (Å²) in [5.74, 6) is -4.99. The number of carboxylic acid groups (broad SMARTS) is 1. The molecule has 10 N–H and O–H groups in total. The maximum absolute atomic E-state index is 13.9. The molecule has 0 unspecified atom stereocenters. The zero-order chi connectivity index (χ0) is 41.1. The van der Waals surface area contributed by atoms with E-state index in [-0.39, 0.29) is 49.2 Å². The van der Waals surface area contributed by atoms with Crippen LogP contribution in [0.25, 0.3) is 0 Å². The van der Waals surface area contributed by atoms with Crippen LogP contribution in [0.4, 0.5) is 0 Å². The van der Waals surface area contributed by atoms with Crippen molar-refractivity contribution in [1.82, 2.24) is 31.9 Å². The van der Waals surface area contributed by atoms with E-state index in [0.717, 1.165) is 0 Å². The predicted molar refractivity (Wildman–Crippen MR) is 204 cm³/mol. The number of nitrogens with two attached hydrogens (primary N) is 1. The van der Waals surface area contributed by atoms with Crippen molar-refractivity contribution >= 4 is 41.4 Å². The summed E-state index contributed by atoms with van der Waals surface area (Å²) in [4.78, 5) is 91.1. The number of nitrogens with one attached hydrogen (secondary N) is 6. The van der Waals surface area contributed by atoms with Crippen LogP contribution < -0.4 is 37.6 Å². The molecule has 0 aliphatic rings. The molecule has 0 heterocycles. The first-order chi connectivity index (χ1) is 25.2. The Morgan fingerprint density at radius 1 is 0.574 bits per heavy atom. The van der Waals surface area contributed by atoms with Crippen LogP contribution >= 0.6 is 0 Å². The van der Waals surface area contributed by atoms with Crippen LogP contribution in [0, 0.1) is 17.8 Å². The zero-order valence-corrected chi connectivity index (χ0v) is 33.0. The van der Waals surface area contributed by atoms with Crippen LogP contribution in [0.5, 0.6) is 5.75 Å². The van der Waals surface area contributed by atoms with Gasteiger partial charge in [-0.3, -0.25) is 28.8 Å². The van der Waals surface area contributed by atoms with Gasteiger partial charge in [0.05, 0.1) is 0 Å². The molecule has 16 nitrogen and oxygen atoms in total. The van der Waals surface area contributed by atoms with Gasteiger partial charge in [-0.05, 0) is 87.4 Å². The molecular weight excluding hydrogens is 698 g/mol. The Bertz CT molecular complexity index is 1400. The Morgan fingerprint density at radius 2 is 1.00 bits per heavy atom. The molecule has 0 saturated heterocycles. The third-order valence-electron chi connectivity index (χ3n) is 8.40. The van der Waals surface area contributed by atoms with Crippen LogP contribution in [0.3, 0.4) is 0 Å². The molecule has 0 fully saturated rings. The number of hydrogen-bond donors (Lipinski definition) is 9. The second-order valence-electron chi connectivity index (χ2n) is 15.1. The molecule has 304 valence electrons. The van der Waals surface area contributed by atoms with Crippen molar-refractivity contribution in [2.24, 2.45) is 23.5 Å². The van der Waals surface area contributed by atoms with Gasteiger partial charge in [-0.15, -0.1) is 0 Å². The molecule has 54 heavy (non-hydrogen) atoms. The van der Waals surface area contributed by atoms with Crippen LogP contribution in [0.15, 0.2) is 24.3 Å². The molecule has 0 aliphatic carbocycles. The first-order valence-electron chi connectivity index (χ1n) is 18.7. The van der Waals surface area contributed by atoms with E-state index in [1.54, 1.807) is 12.1 Å². The highest BCUT2D eigenvalue weighted by atomic mass is 16.4. The number of carbonyl (C=O) groups is 7. The summed E-state index contributed by atoms with van der Waals surface area (Å²) in [5.41, 5.74) is 6.27. The van der Waals surface area contributed by atoms with Gasteiger partial charge in [-0.2, -0.15) is 0 Å². The molecule has 0 spiro atoms. The smallest absolute Gasteiger partial charge is 0.326 e. The van der Waals surface area contributed by atoms with E-state index in [0.29, 0.717) is 31.4 Å². The highest BCUT2D eigenvalue weighted by molar-refractivity contribution is 5.96. The predicted octanol–water partition coefficient (Wildman–Crippen LogP) is 1.24. The Balaban J connectivity index is 3.30. The number of amides is 6. The van der Waals surface area contributed by atoms with Crippen molar-refractivity contribution in [3.8, 4) is 5.75 Å². The Hall–Kier alpha value is -4.73. The SMILES string of the molecule is CC(=O)N[C@@H](CC(C)C)C(=O)N[C@@H](C)C(=O)N[C@@H](CC(C)C)C(=O)N[C@@H](CCCCN)C(=O)N[C@@H](Cc1ccc(O)cc1)C(=O)N[C@@H](CC(C)C)C(=O)O. The lowest BCUT2D eigenvalue weighted by Gasteiger charge is -2.28. The van der Waals surface area contributed by atoms with E-state index in [1.807, 2.05) is 41.5 Å². The first-order valence-corrected chi connectivity index (χ1v) is 18.7. The van der Waals surface area contributed by atoms with Crippen LogP contribution in [0.1, 0.15) is 99.5 Å². The van der Waals surface area contributed by atoms with E-state index >= 15 is 0 Å². The van der Waals surface area contributed by atoms with Crippen molar-refractivity contribution in [3.63, 3.8) is 0 Å². The average Bonchev–Trinajstić information content (AvgIpc) is 3.06. The number of aromatic hydroxyl groups is 1. The number of carboxylic acids is 1. The van der Waals surface area contributed by atoms with Gasteiger partial charge in [0.2, 0.25) is 35.4 Å². The second-order valence-corrected chi connectivity index (χ2v) is 15.1. The Labute approximate surface area is 318 Å². The summed E-state index contributed by atoms with van der Waals surface area (Å²) >= 11 is 0. The summed E-state index contributed by atoms with van der Waals surface area (Å²) in [6.07, 6.45) is 1.75. The van der Waals surface area contributed by atoms with E-state index in [1.165, 1.54) is 26.0 Å². The molecule has 1 rings (SSSR count). The molecule has 16 heteroatoms. The average molecular weight is 762 g/mol. The van der Waals surface area contributed by atoms with E-state index in [2.05, 4.69) is 31.9 Å². The number of phenols is 1. The topological polar surface area (TPSA) is 258 Å². The highest BCUT2D eigenvalue weighted by Gasteiger charge is 2.33. The van der Waals surface area contributed by atoms with Gasteiger partial charge in [0.1, 0.15) is 42.0 Å². The lowest BCUT2D eigenvalue weighted by atomic mass is 10.00. The Morgan fingerprint density at radius 3 is 1.50 bits per heavy atom. The van der Waals surface area contributed by atoms with Crippen LogP contribution in [-0.4, -0.2) is 94.4 Å².